The Morgan fingerprint density at radius 3 is 2.50 bits per heavy atom. The lowest BCUT2D eigenvalue weighted by Gasteiger charge is -2.26. The molecule has 3 heteroatoms. The second-order valence-corrected chi connectivity index (χ2v) is 5.73. The summed E-state index contributed by atoms with van der Waals surface area (Å²) < 4.78 is 5.67. The molecule has 1 aromatic rings. The second kappa shape index (κ2) is 5.94. The first kappa shape index (κ1) is 13.7. The van der Waals surface area contributed by atoms with Gasteiger partial charge >= 0.3 is 0 Å². The molecule has 1 saturated heterocycles. The molecule has 0 bridgehead atoms. The molecule has 1 N–H and O–H groups in total. The van der Waals surface area contributed by atoms with Gasteiger partial charge in [-0.2, -0.15) is 0 Å². The van der Waals surface area contributed by atoms with Crippen LogP contribution in [0.2, 0.25) is 5.02 Å². The molecule has 1 aromatic carbocycles. The standard InChI is InChI=1S/C15H22ClNO/c1-10(2)13-8-12(16)9-14(15(13)18-3)11-4-6-17-7-5-11/h8-11,17H,4-7H2,1-3H3. The number of hydrogen-bond donors (Lipinski definition) is 1. The van der Waals surface area contributed by atoms with E-state index in [1.165, 1.54) is 11.1 Å². The number of methoxy groups -OCH3 is 1. The maximum atomic E-state index is 6.27. The number of ether oxygens (including phenoxy) is 1. The Morgan fingerprint density at radius 2 is 1.94 bits per heavy atom. The lowest BCUT2D eigenvalue weighted by atomic mass is 9.86. The summed E-state index contributed by atoms with van der Waals surface area (Å²) in [6.07, 6.45) is 2.32. The average Bonchev–Trinajstić information content (AvgIpc) is 2.38. The lowest BCUT2D eigenvalue weighted by molar-refractivity contribution is 0.385. The zero-order valence-electron chi connectivity index (χ0n) is 11.4. The monoisotopic (exact) mass is 267 g/mol. The van der Waals surface area contributed by atoms with E-state index in [2.05, 4.69) is 25.2 Å². The van der Waals surface area contributed by atoms with Crippen LogP contribution in [0.5, 0.6) is 5.75 Å². The maximum absolute atomic E-state index is 6.27. The number of hydrogen-bond acceptors (Lipinski definition) is 2. The van der Waals surface area contributed by atoms with Crippen LogP contribution in [0.4, 0.5) is 0 Å². The smallest absolute Gasteiger partial charge is 0.125 e. The minimum absolute atomic E-state index is 0.430. The third-order valence-electron chi connectivity index (χ3n) is 3.72. The molecule has 100 valence electrons. The van der Waals surface area contributed by atoms with Gasteiger partial charge in [0.05, 0.1) is 7.11 Å². The molecule has 0 aliphatic carbocycles. The van der Waals surface area contributed by atoms with Crippen LogP contribution >= 0.6 is 11.6 Å². The Labute approximate surface area is 115 Å². The summed E-state index contributed by atoms with van der Waals surface area (Å²) in [5, 5.41) is 4.23. The molecule has 18 heavy (non-hydrogen) atoms. The molecular weight excluding hydrogens is 246 g/mol. The molecule has 0 aromatic heterocycles. The zero-order chi connectivity index (χ0) is 13.1. The Balaban J connectivity index is 2.43. The van der Waals surface area contributed by atoms with E-state index in [1.807, 2.05) is 6.07 Å². The predicted octanol–water partition coefficient (Wildman–Crippen LogP) is 3.94. The number of rotatable bonds is 3. The number of halogens is 1. The fraction of sp³-hybridized carbons (Fsp3) is 0.600. The maximum Gasteiger partial charge on any atom is 0.125 e. The SMILES string of the molecule is COc1c(C(C)C)cc(Cl)cc1C1CCNCC1. The van der Waals surface area contributed by atoms with Gasteiger partial charge in [0.2, 0.25) is 0 Å². The zero-order valence-corrected chi connectivity index (χ0v) is 12.2. The summed E-state index contributed by atoms with van der Waals surface area (Å²) in [4.78, 5) is 0. The van der Waals surface area contributed by atoms with Crippen molar-refractivity contribution in [1.29, 1.82) is 0 Å². The molecule has 0 atom stereocenters. The van der Waals surface area contributed by atoms with Crippen molar-refractivity contribution in [3.8, 4) is 5.75 Å². The molecule has 1 fully saturated rings. The van der Waals surface area contributed by atoms with Crippen molar-refractivity contribution in [2.75, 3.05) is 20.2 Å². The molecule has 0 amide bonds. The number of benzene rings is 1. The summed E-state index contributed by atoms with van der Waals surface area (Å²) in [7, 11) is 1.76. The highest BCUT2D eigenvalue weighted by molar-refractivity contribution is 6.30. The minimum atomic E-state index is 0.430. The van der Waals surface area contributed by atoms with E-state index in [4.69, 9.17) is 16.3 Å². The van der Waals surface area contributed by atoms with Crippen molar-refractivity contribution in [3.63, 3.8) is 0 Å². The molecule has 1 aliphatic rings. The van der Waals surface area contributed by atoms with Crippen molar-refractivity contribution in [1.82, 2.24) is 5.32 Å². The van der Waals surface area contributed by atoms with Gasteiger partial charge in [0.25, 0.3) is 0 Å². The summed E-state index contributed by atoms with van der Waals surface area (Å²) in [5.41, 5.74) is 2.51. The Kier molecular flexibility index (Phi) is 4.52. The topological polar surface area (TPSA) is 21.3 Å². The molecule has 0 unspecified atom stereocenters. The number of nitrogens with one attached hydrogen (secondary N) is 1. The molecular formula is C15H22ClNO. The Hall–Kier alpha value is -0.730. The van der Waals surface area contributed by atoms with Crippen molar-refractivity contribution in [2.45, 2.75) is 38.5 Å². The van der Waals surface area contributed by atoms with Crippen molar-refractivity contribution in [2.24, 2.45) is 0 Å². The van der Waals surface area contributed by atoms with Crippen LogP contribution in [-0.4, -0.2) is 20.2 Å². The second-order valence-electron chi connectivity index (χ2n) is 5.30. The van der Waals surface area contributed by atoms with Gasteiger partial charge in [-0.05, 0) is 61.0 Å². The van der Waals surface area contributed by atoms with Crippen LogP contribution < -0.4 is 10.1 Å². The molecule has 0 spiro atoms. The summed E-state index contributed by atoms with van der Waals surface area (Å²) in [6.45, 7) is 6.52. The molecule has 2 rings (SSSR count). The first-order valence-corrected chi connectivity index (χ1v) is 7.09. The van der Waals surface area contributed by atoms with Gasteiger partial charge in [0, 0.05) is 5.02 Å². The van der Waals surface area contributed by atoms with E-state index in [0.29, 0.717) is 11.8 Å². The normalized spacial score (nSPS) is 17.2. The summed E-state index contributed by atoms with van der Waals surface area (Å²) in [6, 6.07) is 4.12. The van der Waals surface area contributed by atoms with Crippen LogP contribution in [0.1, 0.15) is 49.7 Å². The van der Waals surface area contributed by atoms with Crippen LogP contribution in [0.3, 0.4) is 0 Å². The third kappa shape index (κ3) is 2.81. The first-order valence-electron chi connectivity index (χ1n) is 6.71. The first-order chi connectivity index (χ1) is 8.63. The quantitative estimate of drug-likeness (QED) is 0.896. The van der Waals surface area contributed by atoms with Crippen molar-refractivity contribution < 1.29 is 4.74 Å². The highest BCUT2D eigenvalue weighted by Gasteiger charge is 2.22. The summed E-state index contributed by atoms with van der Waals surface area (Å²) in [5.74, 6) is 2.04. The van der Waals surface area contributed by atoms with Gasteiger partial charge in [0.15, 0.2) is 0 Å². The third-order valence-corrected chi connectivity index (χ3v) is 3.93. The highest BCUT2D eigenvalue weighted by atomic mass is 35.5. The average molecular weight is 268 g/mol. The van der Waals surface area contributed by atoms with Crippen molar-refractivity contribution >= 4 is 11.6 Å². The lowest BCUT2D eigenvalue weighted by Crippen LogP contribution is -2.27. The van der Waals surface area contributed by atoms with Gasteiger partial charge in [-0.3, -0.25) is 0 Å². The predicted molar refractivity (Wildman–Crippen MR) is 76.9 cm³/mol. The Bertz CT molecular complexity index is 411. The van der Waals surface area contributed by atoms with E-state index in [0.717, 1.165) is 36.7 Å². The van der Waals surface area contributed by atoms with Crippen LogP contribution in [0, 0.1) is 0 Å². The van der Waals surface area contributed by atoms with E-state index in [1.54, 1.807) is 7.11 Å². The Morgan fingerprint density at radius 1 is 1.28 bits per heavy atom. The minimum Gasteiger partial charge on any atom is -0.496 e. The number of piperidine rings is 1. The molecule has 0 saturated carbocycles. The molecule has 2 nitrogen and oxygen atoms in total. The fourth-order valence-electron chi connectivity index (χ4n) is 2.74. The van der Waals surface area contributed by atoms with Gasteiger partial charge in [-0.15, -0.1) is 0 Å². The fourth-order valence-corrected chi connectivity index (χ4v) is 2.97. The van der Waals surface area contributed by atoms with E-state index in [9.17, 15) is 0 Å². The molecule has 0 radical (unpaired) electrons. The largest absolute Gasteiger partial charge is 0.496 e. The van der Waals surface area contributed by atoms with Gasteiger partial charge in [-0.1, -0.05) is 25.4 Å². The molecule has 1 aliphatic heterocycles. The van der Waals surface area contributed by atoms with Crippen LogP contribution in [-0.2, 0) is 0 Å². The van der Waals surface area contributed by atoms with Crippen LogP contribution in [0.15, 0.2) is 12.1 Å². The van der Waals surface area contributed by atoms with E-state index >= 15 is 0 Å². The van der Waals surface area contributed by atoms with Crippen molar-refractivity contribution in [3.05, 3.63) is 28.3 Å². The molecule has 1 heterocycles. The van der Waals surface area contributed by atoms with Gasteiger partial charge < -0.3 is 10.1 Å². The summed E-state index contributed by atoms with van der Waals surface area (Å²) >= 11 is 6.27. The van der Waals surface area contributed by atoms with E-state index in [-0.39, 0.29) is 0 Å². The highest BCUT2D eigenvalue weighted by Crippen LogP contribution is 2.39. The van der Waals surface area contributed by atoms with E-state index < -0.39 is 0 Å². The van der Waals surface area contributed by atoms with Crippen LogP contribution in [0.25, 0.3) is 0 Å². The van der Waals surface area contributed by atoms with Gasteiger partial charge in [0.1, 0.15) is 5.75 Å². The van der Waals surface area contributed by atoms with Gasteiger partial charge in [-0.25, -0.2) is 0 Å².